The van der Waals surface area contributed by atoms with Crippen LogP contribution < -0.4 is 10.6 Å². The first-order valence-corrected chi connectivity index (χ1v) is 9.68. The maximum Gasteiger partial charge on any atom is 0.191 e. The molecule has 0 saturated carbocycles. The van der Waals surface area contributed by atoms with E-state index in [0.29, 0.717) is 5.92 Å². The summed E-state index contributed by atoms with van der Waals surface area (Å²) in [6.07, 6.45) is 5.61. The number of benzene rings is 2. The second-order valence-electron chi connectivity index (χ2n) is 7.17. The lowest BCUT2D eigenvalue weighted by molar-refractivity contribution is 0.698. The molecule has 0 fully saturated rings. The summed E-state index contributed by atoms with van der Waals surface area (Å²) in [4.78, 5) is 8.42. The van der Waals surface area contributed by atoms with Gasteiger partial charge in [0.1, 0.15) is 0 Å². The zero-order valence-electron chi connectivity index (χ0n) is 16.9. The maximum absolute atomic E-state index is 4.34. The molecule has 1 heterocycles. The molecule has 5 nitrogen and oxygen atoms in total. The number of aromatic nitrogens is 2. The second kappa shape index (κ2) is 9.74. The van der Waals surface area contributed by atoms with Gasteiger partial charge < -0.3 is 15.2 Å². The summed E-state index contributed by atoms with van der Waals surface area (Å²) in [6, 6.07) is 17.3. The summed E-state index contributed by atoms with van der Waals surface area (Å²) < 4.78 is 2.06. The predicted molar refractivity (Wildman–Crippen MR) is 116 cm³/mol. The van der Waals surface area contributed by atoms with E-state index in [2.05, 4.69) is 87.6 Å². The Labute approximate surface area is 167 Å². The van der Waals surface area contributed by atoms with Crippen LogP contribution in [0, 0.1) is 6.92 Å². The first-order chi connectivity index (χ1) is 13.6. The molecule has 2 N–H and O–H groups in total. The fraction of sp³-hybridized carbons (Fsp3) is 0.304. The van der Waals surface area contributed by atoms with Crippen molar-refractivity contribution in [3.8, 4) is 0 Å². The third-order valence-electron chi connectivity index (χ3n) is 4.82. The van der Waals surface area contributed by atoms with Crippen LogP contribution in [-0.4, -0.2) is 29.1 Å². The van der Waals surface area contributed by atoms with Crippen molar-refractivity contribution in [2.75, 3.05) is 13.6 Å². The van der Waals surface area contributed by atoms with Crippen molar-refractivity contribution >= 4 is 5.96 Å². The van der Waals surface area contributed by atoms with Gasteiger partial charge in [0.25, 0.3) is 0 Å². The fourth-order valence-electron chi connectivity index (χ4n) is 3.10. The Bertz CT molecular complexity index is 882. The van der Waals surface area contributed by atoms with Gasteiger partial charge in [0.2, 0.25) is 0 Å². The Morgan fingerprint density at radius 2 is 1.89 bits per heavy atom. The highest BCUT2D eigenvalue weighted by atomic mass is 15.2. The van der Waals surface area contributed by atoms with Crippen LogP contribution in [0.15, 0.2) is 72.2 Å². The van der Waals surface area contributed by atoms with E-state index in [1.165, 1.54) is 22.3 Å². The van der Waals surface area contributed by atoms with Gasteiger partial charge in [0.15, 0.2) is 5.96 Å². The van der Waals surface area contributed by atoms with E-state index in [0.717, 1.165) is 25.6 Å². The number of imidazole rings is 1. The van der Waals surface area contributed by atoms with Crippen LogP contribution in [0.25, 0.3) is 0 Å². The van der Waals surface area contributed by atoms with Gasteiger partial charge in [-0.25, -0.2) is 4.98 Å². The van der Waals surface area contributed by atoms with Crippen LogP contribution in [0.1, 0.15) is 35.1 Å². The largest absolute Gasteiger partial charge is 0.356 e. The second-order valence-corrected chi connectivity index (χ2v) is 7.17. The minimum atomic E-state index is 0.418. The Morgan fingerprint density at radius 3 is 2.57 bits per heavy atom. The molecule has 0 aliphatic rings. The number of nitrogens with one attached hydrogen (secondary N) is 2. The summed E-state index contributed by atoms with van der Waals surface area (Å²) in [6.45, 7) is 6.78. The predicted octanol–water partition coefficient (Wildman–Crippen LogP) is 3.71. The van der Waals surface area contributed by atoms with Gasteiger partial charge in [-0.15, -0.1) is 0 Å². The van der Waals surface area contributed by atoms with Crippen LogP contribution in [0.4, 0.5) is 0 Å². The maximum atomic E-state index is 4.34. The topological polar surface area (TPSA) is 54.2 Å². The Morgan fingerprint density at radius 1 is 1.11 bits per heavy atom. The molecule has 0 spiro atoms. The highest BCUT2D eigenvalue weighted by Gasteiger charge is 2.07. The average Bonchev–Trinajstić information content (AvgIpc) is 3.22. The number of rotatable bonds is 7. The summed E-state index contributed by atoms with van der Waals surface area (Å²) in [5.41, 5.74) is 5.13. The van der Waals surface area contributed by atoms with Gasteiger partial charge in [0, 0.05) is 39.1 Å². The van der Waals surface area contributed by atoms with E-state index in [1.807, 2.05) is 12.5 Å². The van der Waals surface area contributed by atoms with E-state index in [9.17, 15) is 0 Å². The van der Waals surface area contributed by atoms with Crippen LogP contribution in [0.5, 0.6) is 0 Å². The molecule has 0 aliphatic heterocycles. The van der Waals surface area contributed by atoms with Crippen molar-refractivity contribution in [1.29, 1.82) is 0 Å². The molecule has 0 aliphatic carbocycles. The van der Waals surface area contributed by atoms with Crippen LogP contribution in [-0.2, 0) is 13.1 Å². The Kier molecular flexibility index (Phi) is 6.84. The molecule has 0 radical (unpaired) electrons. The van der Waals surface area contributed by atoms with Gasteiger partial charge in [0.05, 0.1) is 6.33 Å². The Hall–Kier alpha value is -3.08. The smallest absolute Gasteiger partial charge is 0.191 e. The molecule has 1 aromatic heterocycles. The monoisotopic (exact) mass is 375 g/mol. The quantitative estimate of drug-likeness (QED) is 0.489. The number of hydrogen-bond donors (Lipinski definition) is 2. The van der Waals surface area contributed by atoms with E-state index in [1.54, 1.807) is 13.2 Å². The molecule has 0 amide bonds. The van der Waals surface area contributed by atoms with Gasteiger partial charge in [-0.3, -0.25) is 4.99 Å². The number of nitrogens with zero attached hydrogens (tertiary/aromatic N) is 3. The number of aryl methyl sites for hydroxylation is 1. The third-order valence-corrected chi connectivity index (χ3v) is 4.82. The molecule has 1 unspecified atom stereocenters. The van der Waals surface area contributed by atoms with E-state index in [4.69, 9.17) is 0 Å². The first kappa shape index (κ1) is 19.7. The molecule has 0 bridgehead atoms. The van der Waals surface area contributed by atoms with Gasteiger partial charge >= 0.3 is 0 Å². The zero-order chi connectivity index (χ0) is 19.8. The van der Waals surface area contributed by atoms with E-state index >= 15 is 0 Å². The van der Waals surface area contributed by atoms with Crippen molar-refractivity contribution in [2.45, 2.75) is 32.9 Å². The zero-order valence-corrected chi connectivity index (χ0v) is 16.9. The summed E-state index contributed by atoms with van der Waals surface area (Å²) in [7, 11) is 1.81. The van der Waals surface area contributed by atoms with Crippen molar-refractivity contribution in [2.24, 2.45) is 4.99 Å². The van der Waals surface area contributed by atoms with Gasteiger partial charge in [-0.2, -0.15) is 0 Å². The highest BCUT2D eigenvalue weighted by Crippen LogP contribution is 2.15. The fourth-order valence-corrected chi connectivity index (χ4v) is 3.10. The molecule has 0 saturated heterocycles. The minimum absolute atomic E-state index is 0.418. The number of hydrogen-bond acceptors (Lipinski definition) is 2. The molecule has 5 heteroatoms. The van der Waals surface area contributed by atoms with Gasteiger partial charge in [-0.1, -0.05) is 61.0 Å². The normalized spacial score (nSPS) is 12.6. The molecule has 3 aromatic rings. The van der Waals surface area contributed by atoms with Gasteiger partial charge in [-0.05, 0) is 29.5 Å². The first-order valence-electron chi connectivity index (χ1n) is 9.68. The Balaban J connectivity index is 1.47. The average molecular weight is 376 g/mol. The number of guanidine groups is 1. The van der Waals surface area contributed by atoms with Crippen molar-refractivity contribution in [1.82, 2.24) is 20.2 Å². The lowest BCUT2D eigenvalue weighted by atomic mass is 9.99. The van der Waals surface area contributed by atoms with Crippen molar-refractivity contribution < 1.29 is 0 Å². The lowest BCUT2D eigenvalue weighted by Gasteiger charge is -2.17. The van der Waals surface area contributed by atoms with E-state index in [-0.39, 0.29) is 0 Å². The molecule has 28 heavy (non-hydrogen) atoms. The molecular weight excluding hydrogens is 346 g/mol. The van der Waals surface area contributed by atoms with Crippen molar-refractivity contribution in [3.63, 3.8) is 0 Å². The molecular formula is C23H29N5. The standard InChI is InChI=1S/C23H29N5/c1-18-5-4-6-22(13-18)19(2)14-26-23(24-3)27-15-20-7-9-21(10-8-20)16-28-12-11-25-17-28/h4-13,17,19H,14-16H2,1-3H3,(H2,24,26,27). The lowest BCUT2D eigenvalue weighted by Crippen LogP contribution is -2.38. The molecule has 3 rings (SSSR count). The highest BCUT2D eigenvalue weighted by molar-refractivity contribution is 5.79. The van der Waals surface area contributed by atoms with Crippen LogP contribution in [0.3, 0.4) is 0 Å². The SMILES string of the molecule is CN=C(NCc1ccc(Cn2ccnc2)cc1)NCC(C)c1cccc(C)c1. The third kappa shape index (κ3) is 5.71. The minimum Gasteiger partial charge on any atom is -0.356 e. The summed E-state index contributed by atoms with van der Waals surface area (Å²) in [5.74, 6) is 1.24. The molecule has 146 valence electrons. The number of aliphatic imine (C=N–C) groups is 1. The summed E-state index contributed by atoms with van der Waals surface area (Å²) >= 11 is 0. The summed E-state index contributed by atoms with van der Waals surface area (Å²) in [5, 5.41) is 6.82. The molecule has 1 atom stereocenters. The van der Waals surface area contributed by atoms with E-state index < -0.39 is 0 Å². The van der Waals surface area contributed by atoms with Crippen LogP contribution in [0.2, 0.25) is 0 Å². The molecule has 2 aromatic carbocycles. The van der Waals surface area contributed by atoms with Crippen LogP contribution >= 0.6 is 0 Å². The van der Waals surface area contributed by atoms with Crippen molar-refractivity contribution in [3.05, 3.63) is 89.5 Å².